The van der Waals surface area contributed by atoms with E-state index >= 15 is 0 Å². The van der Waals surface area contributed by atoms with E-state index in [9.17, 15) is 18.0 Å². The molecule has 10 heteroatoms. The highest BCUT2D eigenvalue weighted by Gasteiger charge is 2.50. The van der Waals surface area contributed by atoms with Crippen LogP contribution in [-0.4, -0.2) is 72.3 Å². The monoisotopic (exact) mass is 483 g/mol. The van der Waals surface area contributed by atoms with Crippen LogP contribution in [-0.2, 0) is 15.7 Å². The van der Waals surface area contributed by atoms with E-state index in [1.165, 1.54) is 0 Å². The van der Waals surface area contributed by atoms with Crippen molar-refractivity contribution in [3.8, 4) is 0 Å². The Labute approximate surface area is 199 Å². The van der Waals surface area contributed by atoms with Crippen LogP contribution in [0.4, 0.5) is 19.1 Å². The van der Waals surface area contributed by atoms with E-state index in [0.717, 1.165) is 51.2 Å². The number of nitrogens with zero attached hydrogens (tertiary/aromatic N) is 4. The molecule has 190 valence electrons. The standard InChI is InChI=1S/C24H36F3N5O2/c1-16(2)23(7-4-18(14-23)29-19-6-13-34-15-17(19)3)21(33)31-9-11-32(12-10-31)22-28-8-5-20(30-22)24(25,26)27/h5,8,16-19,29H,4,6-7,9-15H2,1-3H3/t17?,18-,19?,23+/m1/s1. The van der Waals surface area contributed by atoms with Crippen LogP contribution in [0, 0.1) is 17.3 Å². The summed E-state index contributed by atoms with van der Waals surface area (Å²) in [5, 5.41) is 3.81. The molecule has 1 N–H and O–H groups in total. The first-order valence-corrected chi connectivity index (χ1v) is 12.4. The van der Waals surface area contributed by atoms with Crippen LogP contribution in [0.1, 0.15) is 52.1 Å². The molecule has 7 nitrogen and oxygen atoms in total. The summed E-state index contributed by atoms with van der Waals surface area (Å²) in [6.07, 6.45) is 0.294. The summed E-state index contributed by atoms with van der Waals surface area (Å²) in [5.74, 6) is 0.918. The van der Waals surface area contributed by atoms with Crippen molar-refractivity contribution in [3.05, 3.63) is 18.0 Å². The molecule has 0 bridgehead atoms. The minimum atomic E-state index is -4.51. The second-order valence-corrected chi connectivity index (χ2v) is 10.4. The van der Waals surface area contributed by atoms with Gasteiger partial charge in [0.2, 0.25) is 11.9 Å². The fraction of sp³-hybridized carbons (Fsp3) is 0.792. The van der Waals surface area contributed by atoms with Gasteiger partial charge in [-0.3, -0.25) is 4.79 Å². The lowest BCUT2D eigenvalue weighted by molar-refractivity contribution is -0.145. The molecule has 4 rings (SSSR count). The Bertz CT molecular complexity index is 859. The van der Waals surface area contributed by atoms with E-state index in [2.05, 4.69) is 36.1 Å². The third kappa shape index (κ3) is 5.17. The summed E-state index contributed by atoms with van der Waals surface area (Å²) < 4.78 is 44.6. The van der Waals surface area contributed by atoms with Crippen molar-refractivity contribution in [1.82, 2.24) is 20.2 Å². The van der Waals surface area contributed by atoms with Crippen LogP contribution < -0.4 is 10.2 Å². The van der Waals surface area contributed by atoms with Gasteiger partial charge in [-0.15, -0.1) is 0 Å². The number of carbonyl (C=O) groups excluding carboxylic acids is 1. The van der Waals surface area contributed by atoms with E-state index in [4.69, 9.17) is 4.74 Å². The summed E-state index contributed by atoms with van der Waals surface area (Å²) in [7, 11) is 0. The van der Waals surface area contributed by atoms with Crippen molar-refractivity contribution in [1.29, 1.82) is 0 Å². The number of hydrogen-bond donors (Lipinski definition) is 1. The van der Waals surface area contributed by atoms with Gasteiger partial charge >= 0.3 is 6.18 Å². The van der Waals surface area contributed by atoms with Crippen molar-refractivity contribution in [2.24, 2.45) is 17.3 Å². The molecule has 3 heterocycles. The molecule has 1 saturated carbocycles. The smallest absolute Gasteiger partial charge is 0.381 e. The summed E-state index contributed by atoms with van der Waals surface area (Å²) in [4.78, 5) is 25.1. The second-order valence-electron chi connectivity index (χ2n) is 10.4. The predicted octanol–water partition coefficient (Wildman–Crippen LogP) is 3.35. The molecule has 2 aliphatic heterocycles. The normalized spacial score (nSPS) is 30.7. The van der Waals surface area contributed by atoms with Gasteiger partial charge in [-0.2, -0.15) is 13.2 Å². The molecular weight excluding hydrogens is 447 g/mol. The molecule has 2 saturated heterocycles. The molecule has 34 heavy (non-hydrogen) atoms. The van der Waals surface area contributed by atoms with Crippen LogP contribution >= 0.6 is 0 Å². The maximum absolute atomic E-state index is 13.8. The van der Waals surface area contributed by atoms with Crippen molar-refractivity contribution in [3.63, 3.8) is 0 Å². The minimum Gasteiger partial charge on any atom is -0.381 e. The molecule has 1 aliphatic carbocycles. The fourth-order valence-corrected chi connectivity index (χ4v) is 5.70. The number of aromatic nitrogens is 2. The van der Waals surface area contributed by atoms with Crippen molar-refractivity contribution in [2.45, 2.75) is 64.7 Å². The van der Waals surface area contributed by atoms with Crippen LogP contribution in [0.3, 0.4) is 0 Å². The lowest BCUT2D eigenvalue weighted by atomic mass is 9.74. The van der Waals surface area contributed by atoms with E-state index in [1.54, 1.807) is 4.90 Å². The van der Waals surface area contributed by atoms with Crippen molar-refractivity contribution < 1.29 is 22.7 Å². The number of anilines is 1. The Kier molecular flexibility index (Phi) is 7.38. The van der Waals surface area contributed by atoms with Gasteiger partial charge in [0.1, 0.15) is 5.69 Å². The van der Waals surface area contributed by atoms with Gasteiger partial charge < -0.3 is 19.9 Å². The lowest BCUT2D eigenvalue weighted by Crippen LogP contribution is -2.55. The highest BCUT2D eigenvalue weighted by molar-refractivity contribution is 5.83. The van der Waals surface area contributed by atoms with Crippen LogP contribution in [0.2, 0.25) is 0 Å². The summed E-state index contributed by atoms with van der Waals surface area (Å²) in [5.41, 5.74) is -1.35. The van der Waals surface area contributed by atoms with E-state index in [1.807, 2.05) is 4.90 Å². The summed E-state index contributed by atoms with van der Waals surface area (Å²) in [6.45, 7) is 9.78. The number of ether oxygens (including phenoxy) is 1. The zero-order valence-electron chi connectivity index (χ0n) is 20.3. The average molecular weight is 484 g/mol. The summed E-state index contributed by atoms with van der Waals surface area (Å²) >= 11 is 0. The number of rotatable bonds is 5. The van der Waals surface area contributed by atoms with Gasteiger partial charge in [0.25, 0.3) is 0 Å². The molecule has 0 radical (unpaired) electrons. The van der Waals surface area contributed by atoms with Crippen molar-refractivity contribution in [2.75, 3.05) is 44.3 Å². The highest BCUT2D eigenvalue weighted by atomic mass is 19.4. The van der Waals surface area contributed by atoms with Gasteiger partial charge in [-0.1, -0.05) is 20.8 Å². The van der Waals surface area contributed by atoms with Gasteiger partial charge in [0.05, 0.1) is 12.0 Å². The second kappa shape index (κ2) is 9.97. The average Bonchev–Trinajstić information content (AvgIpc) is 3.25. The van der Waals surface area contributed by atoms with Crippen LogP contribution in [0.15, 0.2) is 12.3 Å². The van der Waals surface area contributed by atoms with Gasteiger partial charge in [0.15, 0.2) is 0 Å². The largest absolute Gasteiger partial charge is 0.433 e. The number of hydrogen-bond acceptors (Lipinski definition) is 6. The summed E-state index contributed by atoms with van der Waals surface area (Å²) in [6, 6.07) is 1.62. The first-order chi connectivity index (χ1) is 16.1. The van der Waals surface area contributed by atoms with E-state index in [0.29, 0.717) is 44.2 Å². The molecule has 1 aromatic heterocycles. The topological polar surface area (TPSA) is 70.6 Å². The molecule has 1 amide bonds. The lowest BCUT2D eigenvalue weighted by Gasteiger charge is -2.42. The Morgan fingerprint density at radius 2 is 1.97 bits per heavy atom. The third-order valence-electron chi connectivity index (χ3n) is 7.95. The zero-order chi connectivity index (χ0) is 24.5. The highest BCUT2D eigenvalue weighted by Crippen LogP contribution is 2.46. The Hall–Kier alpha value is -1.94. The number of amides is 1. The Morgan fingerprint density at radius 3 is 2.62 bits per heavy atom. The quantitative estimate of drug-likeness (QED) is 0.693. The SMILES string of the molecule is CC1COCCC1N[C@@H]1CC[C@@](C(=O)N2CCN(c3nccc(C(F)(F)F)n3)CC2)(C(C)C)C1. The molecule has 3 fully saturated rings. The fourth-order valence-electron chi connectivity index (χ4n) is 5.70. The van der Waals surface area contributed by atoms with Crippen LogP contribution in [0.5, 0.6) is 0 Å². The third-order valence-corrected chi connectivity index (χ3v) is 7.95. The van der Waals surface area contributed by atoms with Gasteiger partial charge in [0, 0.05) is 51.1 Å². The predicted molar refractivity (Wildman–Crippen MR) is 122 cm³/mol. The molecule has 4 atom stereocenters. The van der Waals surface area contributed by atoms with Gasteiger partial charge in [-0.05, 0) is 43.6 Å². The maximum atomic E-state index is 13.8. The maximum Gasteiger partial charge on any atom is 0.433 e. The number of carbonyl (C=O) groups is 1. The number of piperazine rings is 1. The molecule has 0 aromatic carbocycles. The van der Waals surface area contributed by atoms with Gasteiger partial charge in [-0.25, -0.2) is 9.97 Å². The molecule has 1 aromatic rings. The number of halogens is 3. The molecular formula is C24H36F3N5O2. The van der Waals surface area contributed by atoms with Crippen LogP contribution in [0.25, 0.3) is 0 Å². The number of alkyl halides is 3. The zero-order valence-corrected chi connectivity index (χ0v) is 20.3. The Balaban J connectivity index is 1.38. The molecule has 3 aliphatic rings. The molecule has 2 unspecified atom stereocenters. The minimum absolute atomic E-state index is 0.0659. The van der Waals surface area contributed by atoms with Crippen molar-refractivity contribution >= 4 is 11.9 Å². The van der Waals surface area contributed by atoms with E-state index in [-0.39, 0.29) is 17.8 Å². The number of nitrogens with one attached hydrogen (secondary N) is 1. The first-order valence-electron chi connectivity index (χ1n) is 12.4. The van der Waals surface area contributed by atoms with E-state index < -0.39 is 17.3 Å². The first kappa shape index (κ1) is 25.2. The molecule has 0 spiro atoms. The Morgan fingerprint density at radius 1 is 1.24 bits per heavy atom.